The van der Waals surface area contributed by atoms with Crippen molar-refractivity contribution in [3.8, 4) is 11.5 Å². The number of para-hydroxylation sites is 1. The molecule has 0 radical (unpaired) electrons. The van der Waals surface area contributed by atoms with E-state index in [1.807, 2.05) is 84.9 Å². The SMILES string of the molecule is C=CCN1C(=O)N[C@H](c2cccc(Oc3ccccc3)c2)C2=C1CN([C@H](C(=O)NC[C@H]1CCCO1)c1ccccc1)C2=O. The molecule has 3 atom stereocenters. The van der Waals surface area contributed by atoms with E-state index in [0.717, 1.165) is 12.8 Å². The van der Waals surface area contributed by atoms with Crippen LogP contribution in [0.2, 0.25) is 0 Å². The number of urea groups is 1. The van der Waals surface area contributed by atoms with E-state index in [-0.39, 0.29) is 37.0 Å². The maximum Gasteiger partial charge on any atom is 0.322 e. The number of benzene rings is 3. The van der Waals surface area contributed by atoms with Crippen molar-refractivity contribution in [1.82, 2.24) is 20.4 Å². The van der Waals surface area contributed by atoms with Crippen molar-refractivity contribution in [2.45, 2.75) is 31.0 Å². The first-order chi connectivity index (χ1) is 21.0. The van der Waals surface area contributed by atoms with Crippen LogP contribution in [-0.2, 0) is 14.3 Å². The van der Waals surface area contributed by atoms with Crippen LogP contribution in [0.4, 0.5) is 4.79 Å². The number of amides is 4. The molecule has 3 aliphatic heterocycles. The molecule has 0 spiro atoms. The van der Waals surface area contributed by atoms with E-state index in [2.05, 4.69) is 17.2 Å². The molecule has 0 bridgehead atoms. The smallest absolute Gasteiger partial charge is 0.322 e. The Kier molecular flexibility index (Phi) is 8.24. The molecule has 3 aliphatic rings. The maximum atomic E-state index is 14.4. The topological polar surface area (TPSA) is 100 Å². The lowest BCUT2D eigenvalue weighted by Gasteiger charge is -2.33. The van der Waals surface area contributed by atoms with Crippen molar-refractivity contribution in [2.24, 2.45) is 0 Å². The summed E-state index contributed by atoms with van der Waals surface area (Å²) in [6.07, 6.45) is 3.42. The summed E-state index contributed by atoms with van der Waals surface area (Å²) >= 11 is 0. The molecule has 0 unspecified atom stereocenters. The molecule has 1 fully saturated rings. The molecule has 0 aromatic heterocycles. The van der Waals surface area contributed by atoms with Crippen molar-refractivity contribution in [3.63, 3.8) is 0 Å². The Morgan fingerprint density at radius 1 is 1.05 bits per heavy atom. The highest BCUT2D eigenvalue weighted by Gasteiger charge is 2.47. The summed E-state index contributed by atoms with van der Waals surface area (Å²) in [7, 11) is 0. The molecule has 9 heteroatoms. The predicted octanol–water partition coefficient (Wildman–Crippen LogP) is 4.86. The van der Waals surface area contributed by atoms with Crippen LogP contribution in [0, 0.1) is 0 Å². The fraction of sp³-hybridized carbons (Fsp3) is 0.265. The number of ether oxygens (including phenoxy) is 2. The van der Waals surface area contributed by atoms with Gasteiger partial charge in [-0.15, -0.1) is 6.58 Å². The molecule has 3 heterocycles. The fourth-order valence-electron chi connectivity index (χ4n) is 5.90. The second kappa shape index (κ2) is 12.5. The van der Waals surface area contributed by atoms with E-state index in [4.69, 9.17) is 9.47 Å². The third-order valence-electron chi connectivity index (χ3n) is 7.94. The lowest BCUT2D eigenvalue weighted by atomic mass is 9.95. The summed E-state index contributed by atoms with van der Waals surface area (Å²) in [6, 6.07) is 24.0. The van der Waals surface area contributed by atoms with E-state index in [1.165, 1.54) is 4.90 Å². The summed E-state index contributed by atoms with van der Waals surface area (Å²) < 4.78 is 11.7. The highest BCUT2D eigenvalue weighted by molar-refractivity contribution is 6.04. The number of carbonyl (C=O) groups is 3. The number of carbonyl (C=O) groups excluding carboxylic acids is 3. The Morgan fingerprint density at radius 2 is 1.79 bits per heavy atom. The number of hydrogen-bond acceptors (Lipinski definition) is 5. The van der Waals surface area contributed by atoms with Crippen LogP contribution in [-0.4, -0.2) is 60.0 Å². The number of hydrogen-bond donors (Lipinski definition) is 2. The van der Waals surface area contributed by atoms with Crippen molar-refractivity contribution in [1.29, 1.82) is 0 Å². The first-order valence-electron chi connectivity index (χ1n) is 14.5. The van der Waals surface area contributed by atoms with Crippen LogP contribution in [0.1, 0.15) is 36.1 Å². The van der Waals surface area contributed by atoms with Gasteiger partial charge in [0, 0.05) is 19.7 Å². The van der Waals surface area contributed by atoms with Gasteiger partial charge in [-0.1, -0.05) is 66.7 Å². The first kappa shape index (κ1) is 28.2. The third-order valence-corrected chi connectivity index (χ3v) is 7.94. The molecular weight excluding hydrogens is 544 g/mol. The Balaban J connectivity index is 1.33. The van der Waals surface area contributed by atoms with Gasteiger partial charge >= 0.3 is 6.03 Å². The lowest BCUT2D eigenvalue weighted by Crippen LogP contribution is -2.47. The number of nitrogens with one attached hydrogen (secondary N) is 2. The van der Waals surface area contributed by atoms with E-state index in [1.54, 1.807) is 11.0 Å². The van der Waals surface area contributed by atoms with Crippen LogP contribution in [0.25, 0.3) is 0 Å². The molecule has 4 amide bonds. The molecule has 43 heavy (non-hydrogen) atoms. The van der Waals surface area contributed by atoms with Gasteiger partial charge in [0.1, 0.15) is 17.5 Å². The van der Waals surface area contributed by atoms with E-state index in [0.29, 0.717) is 47.0 Å². The minimum Gasteiger partial charge on any atom is -0.457 e. The van der Waals surface area contributed by atoms with E-state index >= 15 is 0 Å². The number of nitrogens with zero attached hydrogens (tertiary/aromatic N) is 2. The van der Waals surface area contributed by atoms with Crippen molar-refractivity contribution < 1.29 is 23.9 Å². The van der Waals surface area contributed by atoms with Gasteiger partial charge in [0.25, 0.3) is 5.91 Å². The molecular formula is C34H34N4O5. The highest BCUT2D eigenvalue weighted by atomic mass is 16.5. The Morgan fingerprint density at radius 3 is 2.51 bits per heavy atom. The molecule has 0 saturated carbocycles. The second-order valence-corrected chi connectivity index (χ2v) is 10.8. The maximum absolute atomic E-state index is 14.4. The standard InChI is InChI=1S/C34H34N4O5/c1-2-18-37-28-22-38(31(23-11-5-3-6-12-23)32(39)35-21-27-17-10-19-42-27)33(40)29(28)30(36-34(37)41)24-13-9-16-26(20-24)43-25-14-7-4-8-15-25/h2-9,11-16,20,27,30-31H,1,10,17-19,21-22H2,(H,35,39)(H,36,41)/t27-,30-,31+/m1/s1. The van der Waals surface area contributed by atoms with Gasteiger partial charge in [0.05, 0.1) is 30.0 Å². The van der Waals surface area contributed by atoms with Crippen LogP contribution in [0.5, 0.6) is 11.5 Å². The summed E-state index contributed by atoms with van der Waals surface area (Å²) in [5.41, 5.74) is 2.36. The number of rotatable bonds is 10. The Bertz CT molecular complexity index is 1530. The first-order valence-corrected chi connectivity index (χ1v) is 14.5. The quantitative estimate of drug-likeness (QED) is 0.335. The average Bonchev–Trinajstić information content (AvgIpc) is 3.67. The minimum absolute atomic E-state index is 0.0411. The molecule has 0 aliphatic carbocycles. The van der Waals surface area contributed by atoms with Crippen molar-refractivity contribution in [2.75, 3.05) is 26.2 Å². The molecule has 220 valence electrons. The molecule has 1 saturated heterocycles. The fourth-order valence-corrected chi connectivity index (χ4v) is 5.90. The van der Waals surface area contributed by atoms with Gasteiger partial charge in [0.2, 0.25) is 5.91 Å². The summed E-state index contributed by atoms with van der Waals surface area (Å²) in [6.45, 7) is 5.18. The molecule has 3 aromatic rings. The van der Waals surface area contributed by atoms with Gasteiger partial charge < -0.3 is 25.0 Å². The van der Waals surface area contributed by atoms with Gasteiger partial charge in [-0.05, 0) is 48.2 Å². The second-order valence-electron chi connectivity index (χ2n) is 10.8. The zero-order valence-corrected chi connectivity index (χ0v) is 23.8. The Hall–Kier alpha value is -4.89. The largest absolute Gasteiger partial charge is 0.457 e. The highest BCUT2D eigenvalue weighted by Crippen LogP contribution is 2.40. The molecule has 6 rings (SSSR count). The van der Waals surface area contributed by atoms with E-state index < -0.39 is 12.1 Å². The van der Waals surface area contributed by atoms with Crippen LogP contribution >= 0.6 is 0 Å². The summed E-state index contributed by atoms with van der Waals surface area (Å²) in [4.78, 5) is 44.6. The third kappa shape index (κ3) is 5.89. The monoisotopic (exact) mass is 578 g/mol. The van der Waals surface area contributed by atoms with Gasteiger partial charge in [-0.2, -0.15) is 0 Å². The average molecular weight is 579 g/mol. The van der Waals surface area contributed by atoms with Crippen molar-refractivity contribution >= 4 is 17.8 Å². The van der Waals surface area contributed by atoms with Gasteiger partial charge in [0.15, 0.2) is 0 Å². The van der Waals surface area contributed by atoms with Gasteiger partial charge in [-0.25, -0.2) is 4.79 Å². The minimum atomic E-state index is -0.894. The molecule has 2 N–H and O–H groups in total. The summed E-state index contributed by atoms with van der Waals surface area (Å²) in [5.74, 6) is 0.641. The Labute approximate surface area is 250 Å². The lowest BCUT2D eigenvalue weighted by molar-refractivity contribution is -0.137. The predicted molar refractivity (Wildman–Crippen MR) is 161 cm³/mol. The van der Waals surface area contributed by atoms with Gasteiger partial charge in [-0.3, -0.25) is 14.5 Å². The zero-order chi connectivity index (χ0) is 29.8. The van der Waals surface area contributed by atoms with Crippen LogP contribution in [0.3, 0.4) is 0 Å². The molecule has 9 nitrogen and oxygen atoms in total. The summed E-state index contributed by atoms with van der Waals surface area (Å²) in [5, 5.41) is 6.03. The zero-order valence-electron chi connectivity index (χ0n) is 23.8. The van der Waals surface area contributed by atoms with Crippen molar-refractivity contribution in [3.05, 3.63) is 120 Å². The van der Waals surface area contributed by atoms with Crippen LogP contribution in [0.15, 0.2) is 109 Å². The van der Waals surface area contributed by atoms with Crippen LogP contribution < -0.4 is 15.4 Å². The normalized spacial score (nSPS) is 20.5. The van der Waals surface area contributed by atoms with E-state index in [9.17, 15) is 14.4 Å². The molecule has 3 aromatic carbocycles.